The summed E-state index contributed by atoms with van der Waals surface area (Å²) in [4.78, 5) is 13.8. The molecule has 0 aromatic carbocycles. The number of carbonyl (C=O) groups excluding carboxylic acids is 1. The van der Waals surface area contributed by atoms with E-state index in [9.17, 15) is 4.79 Å². The van der Waals surface area contributed by atoms with E-state index in [0.29, 0.717) is 11.0 Å². The van der Waals surface area contributed by atoms with Crippen LogP contribution in [0.2, 0.25) is 0 Å². The van der Waals surface area contributed by atoms with Crippen LogP contribution in [-0.2, 0) is 4.79 Å². The monoisotopic (exact) mass is 258 g/mol. The van der Waals surface area contributed by atoms with Crippen molar-refractivity contribution in [1.82, 2.24) is 4.90 Å². The van der Waals surface area contributed by atoms with Crippen molar-refractivity contribution in [3.63, 3.8) is 0 Å². The van der Waals surface area contributed by atoms with Gasteiger partial charge in [0.1, 0.15) is 0 Å². The highest BCUT2D eigenvalue weighted by molar-refractivity contribution is 8.00. The molecule has 0 aliphatic heterocycles. The summed E-state index contributed by atoms with van der Waals surface area (Å²) in [5.74, 6) is 1.61. The van der Waals surface area contributed by atoms with Gasteiger partial charge in [-0.3, -0.25) is 4.79 Å². The summed E-state index contributed by atoms with van der Waals surface area (Å²) in [6, 6.07) is 0.278. The molecule has 0 radical (unpaired) electrons. The highest BCUT2D eigenvalue weighted by Gasteiger charge is 2.27. The molecule has 3 atom stereocenters. The van der Waals surface area contributed by atoms with Gasteiger partial charge in [-0.2, -0.15) is 0 Å². The molecule has 4 heteroatoms. The van der Waals surface area contributed by atoms with Crippen molar-refractivity contribution in [2.75, 3.05) is 18.8 Å². The molecule has 3 nitrogen and oxygen atoms in total. The zero-order chi connectivity index (χ0) is 12.8. The summed E-state index contributed by atoms with van der Waals surface area (Å²) in [5, 5.41) is 0.471. The van der Waals surface area contributed by atoms with Crippen LogP contribution >= 0.6 is 11.8 Å². The molecule has 100 valence electrons. The van der Waals surface area contributed by atoms with Crippen molar-refractivity contribution < 1.29 is 4.79 Å². The third-order valence-corrected chi connectivity index (χ3v) is 5.03. The first kappa shape index (κ1) is 14.8. The Morgan fingerprint density at radius 2 is 2.00 bits per heavy atom. The lowest BCUT2D eigenvalue weighted by Gasteiger charge is -2.32. The van der Waals surface area contributed by atoms with E-state index in [0.717, 1.165) is 31.8 Å². The molecule has 1 rings (SSSR count). The number of amides is 1. The molecule has 0 bridgehead atoms. The molecule has 17 heavy (non-hydrogen) atoms. The predicted molar refractivity (Wildman–Crippen MR) is 75.2 cm³/mol. The highest BCUT2D eigenvalue weighted by Crippen LogP contribution is 2.31. The number of rotatable bonds is 5. The number of nitrogens with two attached hydrogens (primary N) is 1. The third kappa shape index (κ3) is 4.51. The zero-order valence-corrected chi connectivity index (χ0v) is 12.1. The van der Waals surface area contributed by atoms with Crippen molar-refractivity contribution in [3.05, 3.63) is 0 Å². The van der Waals surface area contributed by atoms with E-state index in [1.807, 2.05) is 18.7 Å². The molecule has 0 aromatic rings. The van der Waals surface area contributed by atoms with Crippen molar-refractivity contribution >= 4 is 17.7 Å². The minimum absolute atomic E-state index is 0.255. The van der Waals surface area contributed by atoms with Crippen LogP contribution in [0, 0.1) is 5.92 Å². The Morgan fingerprint density at radius 3 is 2.59 bits per heavy atom. The lowest BCUT2D eigenvalue weighted by Crippen LogP contribution is -2.39. The molecule has 1 aliphatic carbocycles. The van der Waals surface area contributed by atoms with E-state index >= 15 is 0 Å². The van der Waals surface area contributed by atoms with Gasteiger partial charge in [-0.15, -0.1) is 11.8 Å². The first-order valence-corrected chi connectivity index (χ1v) is 7.78. The van der Waals surface area contributed by atoms with Crippen LogP contribution in [0.1, 0.15) is 40.0 Å². The van der Waals surface area contributed by atoms with Crippen molar-refractivity contribution in [3.8, 4) is 0 Å². The maximum absolute atomic E-state index is 11.9. The van der Waals surface area contributed by atoms with Gasteiger partial charge in [0.05, 0.1) is 5.75 Å². The lowest BCUT2D eigenvalue weighted by molar-refractivity contribution is -0.127. The largest absolute Gasteiger partial charge is 0.343 e. The normalized spacial score (nSPS) is 29.1. The van der Waals surface area contributed by atoms with E-state index < -0.39 is 0 Å². The van der Waals surface area contributed by atoms with Gasteiger partial charge < -0.3 is 10.6 Å². The first-order chi connectivity index (χ1) is 8.08. The van der Waals surface area contributed by atoms with E-state index in [4.69, 9.17) is 5.73 Å². The second kappa shape index (κ2) is 7.27. The van der Waals surface area contributed by atoms with Crippen LogP contribution in [0.15, 0.2) is 0 Å². The van der Waals surface area contributed by atoms with E-state index in [1.54, 1.807) is 11.8 Å². The summed E-state index contributed by atoms with van der Waals surface area (Å²) in [5.41, 5.74) is 6.12. The number of hydrogen-bond acceptors (Lipinski definition) is 3. The molecule has 0 heterocycles. The third-order valence-electron chi connectivity index (χ3n) is 3.64. The summed E-state index contributed by atoms with van der Waals surface area (Å²) >= 11 is 1.76. The molecule has 1 amide bonds. The Morgan fingerprint density at radius 1 is 1.35 bits per heavy atom. The molecule has 3 unspecified atom stereocenters. The summed E-state index contributed by atoms with van der Waals surface area (Å²) in [6.07, 6.45) is 3.51. The van der Waals surface area contributed by atoms with Crippen LogP contribution in [0.3, 0.4) is 0 Å². The Balaban J connectivity index is 2.36. The molecule has 1 saturated carbocycles. The number of hydrogen-bond donors (Lipinski definition) is 1. The van der Waals surface area contributed by atoms with Gasteiger partial charge in [-0.05, 0) is 39.0 Å². The number of nitrogens with zero attached hydrogens (tertiary/aromatic N) is 1. The van der Waals surface area contributed by atoms with Gasteiger partial charge in [0.25, 0.3) is 0 Å². The Kier molecular flexibility index (Phi) is 6.34. The second-order valence-corrected chi connectivity index (χ2v) is 6.23. The van der Waals surface area contributed by atoms with Crippen molar-refractivity contribution in [2.45, 2.75) is 51.3 Å². The minimum atomic E-state index is 0.255. The fraction of sp³-hybridized carbons (Fsp3) is 0.923. The van der Waals surface area contributed by atoms with Crippen LogP contribution < -0.4 is 5.73 Å². The summed E-state index contributed by atoms with van der Waals surface area (Å²) in [7, 11) is 0. The average molecular weight is 258 g/mol. The van der Waals surface area contributed by atoms with Crippen molar-refractivity contribution in [1.29, 1.82) is 0 Å². The molecular weight excluding hydrogens is 232 g/mol. The molecule has 0 spiro atoms. The van der Waals surface area contributed by atoms with Gasteiger partial charge in [-0.25, -0.2) is 0 Å². The van der Waals surface area contributed by atoms with Crippen LogP contribution in [-0.4, -0.2) is 40.9 Å². The van der Waals surface area contributed by atoms with Crippen molar-refractivity contribution in [2.24, 2.45) is 11.7 Å². The Hall–Kier alpha value is -0.220. The Labute approximate surface area is 109 Å². The molecule has 0 aromatic heterocycles. The summed E-state index contributed by atoms with van der Waals surface area (Å²) < 4.78 is 0. The first-order valence-electron chi connectivity index (χ1n) is 6.73. The number of thioether (sulfide) groups is 1. The predicted octanol–water partition coefficient (Wildman–Crippen LogP) is 2.10. The minimum Gasteiger partial charge on any atom is -0.343 e. The lowest BCUT2D eigenvalue weighted by atomic mass is 9.87. The van der Waals surface area contributed by atoms with Gasteiger partial charge in [-0.1, -0.05) is 6.92 Å². The standard InChI is InChI=1S/C13H26N2OS/c1-4-15(5-2)13(16)9-17-12-8-10(3)6-7-11(12)14/h10-12H,4-9,14H2,1-3H3. The maximum atomic E-state index is 11.9. The zero-order valence-electron chi connectivity index (χ0n) is 11.3. The van der Waals surface area contributed by atoms with Crippen LogP contribution in [0.4, 0.5) is 0 Å². The van der Waals surface area contributed by atoms with Crippen LogP contribution in [0.5, 0.6) is 0 Å². The molecule has 2 N–H and O–H groups in total. The fourth-order valence-electron chi connectivity index (χ4n) is 2.39. The van der Waals surface area contributed by atoms with Crippen LogP contribution in [0.25, 0.3) is 0 Å². The summed E-state index contributed by atoms with van der Waals surface area (Å²) in [6.45, 7) is 7.96. The highest BCUT2D eigenvalue weighted by atomic mass is 32.2. The topological polar surface area (TPSA) is 46.3 Å². The number of carbonyl (C=O) groups is 1. The van der Waals surface area contributed by atoms with E-state index in [2.05, 4.69) is 6.92 Å². The molecule has 1 aliphatic rings. The Bertz CT molecular complexity index is 244. The van der Waals surface area contributed by atoms with Gasteiger partial charge in [0, 0.05) is 24.4 Å². The second-order valence-electron chi connectivity index (χ2n) is 5.00. The average Bonchev–Trinajstić information content (AvgIpc) is 2.32. The van der Waals surface area contributed by atoms with E-state index in [-0.39, 0.29) is 11.9 Å². The maximum Gasteiger partial charge on any atom is 0.232 e. The van der Waals surface area contributed by atoms with E-state index in [1.165, 1.54) is 6.42 Å². The van der Waals surface area contributed by atoms with Gasteiger partial charge in [0.15, 0.2) is 0 Å². The SMILES string of the molecule is CCN(CC)C(=O)CSC1CC(C)CCC1N. The molecular formula is C13H26N2OS. The molecule has 0 saturated heterocycles. The fourth-order valence-corrected chi connectivity index (χ4v) is 3.78. The van der Waals surface area contributed by atoms with Gasteiger partial charge >= 0.3 is 0 Å². The molecule has 1 fully saturated rings. The van der Waals surface area contributed by atoms with Gasteiger partial charge in [0.2, 0.25) is 5.91 Å². The quantitative estimate of drug-likeness (QED) is 0.821. The smallest absolute Gasteiger partial charge is 0.232 e.